The van der Waals surface area contributed by atoms with Crippen molar-refractivity contribution in [2.45, 2.75) is 51.0 Å². The molecule has 2 rings (SSSR count). The number of hydrogen-bond donors (Lipinski definition) is 0. The van der Waals surface area contributed by atoms with E-state index in [4.69, 9.17) is 4.74 Å². The fraction of sp³-hybridized carbons (Fsp3) is 0.917. The van der Waals surface area contributed by atoms with Crippen LogP contribution in [0.25, 0.3) is 0 Å². The Morgan fingerprint density at radius 3 is 2.47 bits per heavy atom. The first-order chi connectivity index (χ1) is 7.36. The van der Waals surface area contributed by atoms with Crippen molar-refractivity contribution in [1.82, 2.24) is 4.90 Å². The summed E-state index contributed by atoms with van der Waals surface area (Å²) in [5.41, 5.74) is 0. The second-order valence-corrected chi connectivity index (χ2v) is 4.63. The Kier molecular flexibility index (Phi) is 4.01. The summed E-state index contributed by atoms with van der Waals surface area (Å²) in [7, 11) is 0. The van der Waals surface area contributed by atoms with E-state index in [0.29, 0.717) is 12.3 Å². The number of carbonyl (C=O) groups is 1. The Bertz CT molecular complexity index is 204. The van der Waals surface area contributed by atoms with Gasteiger partial charge in [-0.1, -0.05) is 12.8 Å². The summed E-state index contributed by atoms with van der Waals surface area (Å²) in [5, 5.41) is 0. The molecule has 2 fully saturated rings. The van der Waals surface area contributed by atoms with Crippen LogP contribution >= 0.6 is 0 Å². The molecule has 0 spiro atoms. The zero-order valence-corrected chi connectivity index (χ0v) is 9.41. The number of ether oxygens (including phenoxy) is 1. The van der Waals surface area contributed by atoms with Gasteiger partial charge in [-0.15, -0.1) is 0 Å². The Morgan fingerprint density at radius 1 is 1.13 bits per heavy atom. The highest BCUT2D eigenvalue weighted by atomic mass is 16.5. The first kappa shape index (κ1) is 10.9. The predicted octanol–water partition coefficient (Wildman–Crippen LogP) is 1.96. The Morgan fingerprint density at radius 2 is 1.87 bits per heavy atom. The topological polar surface area (TPSA) is 29.5 Å². The standard InChI is InChI=1S/C12H21NO2/c14-12(10-11-6-5-9-15-11)13-7-3-1-2-4-8-13/h11H,1-10H2. The van der Waals surface area contributed by atoms with Gasteiger partial charge in [-0.25, -0.2) is 0 Å². The third-order valence-corrected chi connectivity index (χ3v) is 3.39. The number of hydrogen-bond acceptors (Lipinski definition) is 2. The predicted molar refractivity (Wildman–Crippen MR) is 58.6 cm³/mol. The lowest BCUT2D eigenvalue weighted by Crippen LogP contribution is -2.34. The van der Waals surface area contributed by atoms with E-state index in [1.807, 2.05) is 4.90 Å². The van der Waals surface area contributed by atoms with Crippen molar-refractivity contribution < 1.29 is 9.53 Å². The van der Waals surface area contributed by atoms with Gasteiger partial charge in [0.25, 0.3) is 0 Å². The highest BCUT2D eigenvalue weighted by Gasteiger charge is 2.22. The summed E-state index contributed by atoms with van der Waals surface area (Å²) in [5.74, 6) is 0.309. The van der Waals surface area contributed by atoms with Crippen LogP contribution in [0.15, 0.2) is 0 Å². The average molecular weight is 211 g/mol. The molecule has 86 valence electrons. The number of carbonyl (C=O) groups excluding carboxylic acids is 1. The van der Waals surface area contributed by atoms with Crippen LogP contribution in [-0.2, 0) is 9.53 Å². The van der Waals surface area contributed by atoms with Crippen LogP contribution in [0.4, 0.5) is 0 Å². The minimum Gasteiger partial charge on any atom is -0.378 e. The van der Waals surface area contributed by atoms with Gasteiger partial charge < -0.3 is 9.64 Å². The fourth-order valence-corrected chi connectivity index (χ4v) is 2.45. The van der Waals surface area contributed by atoms with Gasteiger partial charge in [0.05, 0.1) is 12.5 Å². The van der Waals surface area contributed by atoms with Gasteiger partial charge in [-0.2, -0.15) is 0 Å². The lowest BCUT2D eigenvalue weighted by atomic mass is 10.1. The summed E-state index contributed by atoms with van der Waals surface area (Å²) in [6.45, 7) is 2.77. The number of nitrogens with zero attached hydrogens (tertiary/aromatic N) is 1. The van der Waals surface area contributed by atoms with E-state index in [-0.39, 0.29) is 6.10 Å². The molecule has 2 saturated heterocycles. The molecule has 0 radical (unpaired) electrons. The molecule has 0 aromatic heterocycles. The molecule has 0 aliphatic carbocycles. The molecule has 0 aromatic carbocycles. The maximum Gasteiger partial charge on any atom is 0.225 e. The molecular weight excluding hydrogens is 190 g/mol. The SMILES string of the molecule is O=C(CC1CCCO1)N1CCCCCC1. The van der Waals surface area contributed by atoms with Crippen molar-refractivity contribution in [2.24, 2.45) is 0 Å². The summed E-state index contributed by atoms with van der Waals surface area (Å²) in [4.78, 5) is 14.0. The molecule has 1 atom stereocenters. The molecule has 1 unspecified atom stereocenters. The third kappa shape index (κ3) is 3.20. The van der Waals surface area contributed by atoms with E-state index in [2.05, 4.69) is 0 Å². The van der Waals surface area contributed by atoms with Crippen LogP contribution in [0, 0.1) is 0 Å². The number of amides is 1. The third-order valence-electron chi connectivity index (χ3n) is 3.39. The molecule has 0 saturated carbocycles. The summed E-state index contributed by atoms with van der Waals surface area (Å²) >= 11 is 0. The van der Waals surface area contributed by atoms with Crippen LogP contribution in [-0.4, -0.2) is 36.6 Å². The van der Waals surface area contributed by atoms with Gasteiger partial charge in [0.15, 0.2) is 0 Å². The molecule has 15 heavy (non-hydrogen) atoms. The molecule has 3 heteroatoms. The first-order valence-electron chi connectivity index (χ1n) is 6.25. The monoisotopic (exact) mass is 211 g/mol. The second kappa shape index (κ2) is 5.50. The molecule has 3 nitrogen and oxygen atoms in total. The van der Waals surface area contributed by atoms with Crippen LogP contribution < -0.4 is 0 Å². The molecule has 0 N–H and O–H groups in total. The Labute approximate surface area is 91.8 Å². The molecule has 0 aromatic rings. The van der Waals surface area contributed by atoms with Crippen LogP contribution in [0.1, 0.15) is 44.9 Å². The van der Waals surface area contributed by atoms with E-state index >= 15 is 0 Å². The van der Waals surface area contributed by atoms with Gasteiger partial charge >= 0.3 is 0 Å². The van der Waals surface area contributed by atoms with Crippen molar-refractivity contribution >= 4 is 5.91 Å². The van der Waals surface area contributed by atoms with E-state index in [1.165, 1.54) is 25.7 Å². The highest BCUT2D eigenvalue weighted by Crippen LogP contribution is 2.18. The zero-order valence-electron chi connectivity index (χ0n) is 9.41. The Hall–Kier alpha value is -0.570. The molecule has 0 bridgehead atoms. The maximum atomic E-state index is 12.0. The minimum atomic E-state index is 0.209. The van der Waals surface area contributed by atoms with Gasteiger partial charge in [-0.05, 0) is 25.7 Å². The number of likely N-dealkylation sites (tertiary alicyclic amines) is 1. The maximum absolute atomic E-state index is 12.0. The molecule has 2 aliphatic rings. The molecule has 2 aliphatic heterocycles. The minimum absolute atomic E-state index is 0.209. The highest BCUT2D eigenvalue weighted by molar-refractivity contribution is 5.76. The largest absolute Gasteiger partial charge is 0.378 e. The van der Waals surface area contributed by atoms with Gasteiger partial charge in [-0.3, -0.25) is 4.79 Å². The summed E-state index contributed by atoms with van der Waals surface area (Å²) < 4.78 is 5.50. The van der Waals surface area contributed by atoms with Crippen molar-refractivity contribution in [2.75, 3.05) is 19.7 Å². The number of rotatable bonds is 2. The van der Waals surface area contributed by atoms with Crippen molar-refractivity contribution in [3.63, 3.8) is 0 Å². The van der Waals surface area contributed by atoms with E-state index in [1.54, 1.807) is 0 Å². The molecule has 1 amide bonds. The van der Waals surface area contributed by atoms with Crippen LogP contribution in [0.3, 0.4) is 0 Å². The quantitative estimate of drug-likeness (QED) is 0.698. The van der Waals surface area contributed by atoms with Gasteiger partial charge in [0.1, 0.15) is 0 Å². The van der Waals surface area contributed by atoms with Crippen molar-refractivity contribution in [3.8, 4) is 0 Å². The molecular formula is C12H21NO2. The van der Waals surface area contributed by atoms with E-state index in [0.717, 1.165) is 32.5 Å². The Balaban J connectivity index is 1.77. The van der Waals surface area contributed by atoms with Crippen molar-refractivity contribution in [3.05, 3.63) is 0 Å². The van der Waals surface area contributed by atoms with Crippen LogP contribution in [0.2, 0.25) is 0 Å². The summed E-state index contributed by atoms with van der Waals surface area (Å²) in [6, 6.07) is 0. The summed E-state index contributed by atoms with van der Waals surface area (Å²) in [6.07, 6.45) is 7.93. The lowest BCUT2D eigenvalue weighted by molar-refractivity contribution is -0.133. The van der Waals surface area contributed by atoms with Crippen LogP contribution in [0.5, 0.6) is 0 Å². The fourth-order valence-electron chi connectivity index (χ4n) is 2.45. The lowest BCUT2D eigenvalue weighted by Gasteiger charge is -2.21. The smallest absolute Gasteiger partial charge is 0.225 e. The van der Waals surface area contributed by atoms with E-state index in [9.17, 15) is 4.79 Å². The van der Waals surface area contributed by atoms with E-state index < -0.39 is 0 Å². The zero-order chi connectivity index (χ0) is 10.5. The molecule has 2 heterocycles. The van der Waals surface area contributed by atoms with Gasteiger partial charge in [0.2, 0.25) is 5.91 Å². The van der Waals surface area contributed by atoms with Crippen molar-refractivity contribution in [1.29, 1.82) is 0 Å². The first-order valence-corrected chi connectivity index (χ1v) is 6.25. The normalized spacial score (nSPS) is 27.7. The average Bonchev–Trinajstić information content (AvgIpc) is 2.58. The van der Waals surface area contributed by atoms with Gasteiger partial charge in [0, 0.05) is 19.7 Å². The second-order valence-electron chi connectivity index (χ2n) is 4.63.